The molecule has 0 bridgehead atoms. The van der Waals surface area contributed by atoms with E-state index in [1.807, 2.05) is 0 Å². The first-order chi connectivity index (χ1) is 16.6. The van der Waals surface area contributed by atoms with Gasteiger partial charge in [-0.15, -0.1) is 0 Å². The van der Waals surface area contributed by atoms with Gasteiger partial charge in [-0.2, -0.15) is 0 Å². The third-order valence-corrected chi connectivity index (χ3v) is 7.38. The van der Waals surface area contributed by atoms with Crippen molar-refractivity contribution >= 4 is 16.9 Å². The van der Waals surface area contributed by atoms with Gasteiger partial charge in [-0.25, -0.2) is 15.0 Å². The minimum atomic E-state index is 0.332. The summed E-state index contributed by atoms with van der Waals surface area (Å²) in [6.07, 6.45) is 4.89. The number of hydrogen-bond donors (Lipinski definition) is 1. The van der Waals surface area contributed by atoms with Gasteiger partial charge in [-0.1, -0.05) is 90.1 Å². The van der Waals surface area contributed by atoms with Crippen LogP contribution in [0.1, 0.15) is 71.4 Å². The van der Waals surface area contributed by atoms with E-state index in [2.05, 4.69) is 106 Å². The molecule has 0 amide bonds. The van der Waals surface area contributed by atoms with Crippen LogP contribution in [0.4, 0.5) is 5.82 Å². The van der Waals surface area contributed by atoms with E-state index >= 15 is 0 Å². The van der Waals surface area contributed by atoms with Gasteiger partial charge in [0.1, 0.15) is 12.1 Å². The van der Waals surface area contributed by atoms with E-state index in [9.17, 15) is 0 Å². The van der Waals surface area contributed by atoms with Gasteiger partial charge >= 0.3 is 0 Å². The second-order valence-corrected chi connectivity index (χ2v) is 11.1. The monoisotopic (exact) mass is 466 g/mol. The summed E-state index contributed by atoms with van der Waals surface area (Å²) in [6, 6.07) is 19.5. The maximum Gasteiger partial charge on any atom is 0.165 e. The summed E-state index contributed by atoms with van der Waals surface area (Å²) in [5, 5.41) is 0.810. The Morgan fingerprint density at radius 3 is 2.29 bits per heavy atom. The molecule has 4 nitrogen and oxygen atoms in total. The van der Waals surface area contributed by atoms with Crippen LogP contribution in [-0.4, -0.2) is 15.0 Å². The van der Waals surface area contributed by atoms with Crippen LogP contribution in [0.25, 0.3) is 33.4 Å². The van der Waals surface area contributed by atoms with Crippen molar-refractivity contribution in [1.29, 1.82) is 0 Å². The largest absolute Gasteiger partial charge is 0.383 e. The number of aryl methyl sites for hydroxylation is 1. The second-order valence-electron chi connectivity index (χ2n) is 11.1. The van der Waals surface area contributed by atoms with Crippen molar-refractivity contribution in [3.8, 4) is 22.4 Å². The summed E-state index contributed by atoms with van der Waals surface area (Å²) in [5.41, 5.74) is 14.1. The Hall–Kier alpha value is -3.27. The molecule has 2 aromatic heterocycles. The lowest BCUT2D eigenvalue weighted by atomic mass is 9.79. The predicted octanol–water partition coefficient (Wildman–Crippen LogP) is 8.07. The summed E-state index contributed by atoms with van der Waals surface area (Å²) in [5.74, 6) is 1.62. The van der Waals surface area contributed by atoms with Crippen molar-refractivity contribution in [1.82, 2.24) is 15.0 Å². The van der Waals surface area contributed by atoms with Gasteiger partial charge in [0.15, 0.2) is 5.65 Å². The van der Waals surface area contributed by atoms with Crippen LogP contribution in [0.2, 0.25) is 0 Å². The molecule has 0 aliphatic rings. The van der Waals surface area contributed by atoms with Crippen molar-refractivity contribution in [2.24, 2.45) is 11.3 Å². The fraction of sp³-hybridized carbons (Fsp3) is 0.387. The van der Waals surface area contributed by atoms with Crippen LogP contribution in [0.5, 0.6) is 0 Å². The highest BCUT2D eigenvalue weighted by atomic mass is 15.0. The number of rotatable bonds is 7. The van der Waals surface area contributed by atoms with Crippen molar-refractivity contribution in [2.75, 3.05) is 5.73 Å². The first kappa shape index (κ1) is 24.8. The van der Waals surface area contributed by atoms with Crippen LogP contribution >= 0.6 is 0 Å². The Labute approximate surface area is 210 Å². The van der Waals surface area contributed by atoms with E-state index in [1.165, 1.54) is 23.9 Å². The summed E-state index contributed by atoms with van der Waals surface area (Å²) in [4.78, 5) is 13.7. The molecule has 1 atom stereocenters. The number of aromatic nitrogens is 3. The Morgan fingerprint density at radius 1 is 0.886 bits per heavy atom. The average molecular weight is 467 g/mol. The van der Waals surface area contributed by atoms with E-state index in [0.717, 1.165) is 40.6 Å². The molecule has 2 heterocycles. The van der Waals surface area contributed by atoms with Crippen LogP contribution in [0, 0.1) is 11.3 Å². The van der Waals surface area contributed by atoms with E-state index in [-0.39, 0.29) is 0 Å². The lowest BCUT2D eigenvalue weighted by Crippen LogP contribution is -2.17. The maximum absolute atomic E-state index is 6.33. The van der Waals surface area contributed by atoms with Crippen LogP contribution in [0.3, 0.4) is 0 Å². The molecule has 0 saturated heterocycles. The summed E-state index contributed by atoms with van der Waals surface area (Å²) in [6.45, 7) is 13.8. The fourth-order valence-corrected chi connectivity index (χ4v) is 4.52. The molecular formula is C31H38N4. The highest BCUT2D eigenvalue weighted by molar-refractivity contribution is 6.01. The van der Waals surface area contributed by atoms with Crippen molar-refractivity contribution in [2.45, 2.75) is 66.7 Å². The molecule has 0 aliphatic heterocycles. The van der Waals surface area contributed by atoms with Gasteiger partial charge in [-0.05, 0) is 64.8 Å². The van der Waals surface area contributed by atoms with Gasteiger partial charge in [0.25, 0.3) is 0 Å². The normalized spacial score (nSPS) is 12.9. The topological polar surface area (TPSA) is 64.7 Å². The minimum Gasteiger partial charge on any atom is -0.383 e. The van der Waals surface area contributed by atoms with Crippen molar-refractivity contribution in [3.63, 3.8) is 0 Å². The number of anilines is 1. The Kier molecular flexibility index (Phi) is 7.20. The van der Waals surface area contributed by atoms with Crippen LogP contribution in [0.15, 0.2) is 60.9 Å². The molecular weight excluding hydrogens is 428 g/mol. The number of fused-ring (bicyclic) bond motifs is 1. The third-order valence-electron chi connectivity index (χ3n) is 7.38. The maximum atomic E-state index is 6.33. The van der Waals surface area contributed by atoms with E-state index in [1.54, 1.807) is 0 Å². The molecule has 4 aromatic rings. The second kappa shape index (κ2) is 10.2. The van der Waals surface area contributed by atoms with E-state index < -0.39 is 0 Å². The average Bonchev–Trinajstić information content (AvgIpc) is 2.83. The lowest BCUT2D eigenvalue weighted by molar-refractivity contribution is 0.243. The first-order valence-corrected chi connectivity index (χ1v) is 12.7. The highest BCUT2D eigenvalue weighted by Crippen LogP contribution is 2.36. The highest BCUT2D eigenvalue weighted by Gasteiger charge is 2.20. The zero-order valence-corrected chi connectivity index (χ0v) is 22.0. The molecule has 2 N–H and O–H groups in total. The molecule has 1 unspecified atom stereocenters. The first-order valence-electron chi connectivity index (χ1n) is 12.7. The van der Waals surface area contributed by atoms with Gasteiger partial charge in [0.2, 0.25) is 0 Å². The SMILES string of the molecule is CC(C)c1ccc(-c2cc(-c3ccccc3CCCC(C)C(C)(C)C)nc3ncnc(N)c23)cc1. The number of hydrogen-bond acceptors (Lipinski definition) is 4. The third kappa shape index (κ3) is 5.53. The number of nitrogens with zero attached hydrogens (tertiary/aromatic N) is 3. The van der Waals surface area contributed by atoms with E-state index in [4.69, 9.17) is 10.7 Å². The molecule has 4 rings (SSSR count). The Bertz CT molecular complexity index is 1300. The molecule has 0 spiro atoms. The smallest absolute Gasteiger partial charge is 0.165 e. The molecule has 0 aliphatic carbocycles. The zero-order valence-electron chi connectivity index (χ0n) is 22.0. The molecule has 35 heavy (non-hydrogen) atoms. The molecule has 182 valence electrons. The quantitative estimate of drug-likeness (QED) is 0.299. The molecule has 2 aromatic carbocycles. The molecule has 0 radical (unpaired) electrons. The summed E-state index contributed by atoms with van der Waals surface area (Å²) in [7, 11) is 0. The minimum absolute atomic E-state index is 0.332. The number of benzene rings is 2. The number of nitrogens with two attached hydrogens (primary N) is 1. The fourth-order valence-electron chi connectivity index (χ4n) is 4.52. The summed E-state index contributed by atoms with van der Waals surface area (Å²) < 4.78 is 0. The van der Waals surface area contributed by atoms with Crippen LogP contribution in [-0.2, 0) is 6.42 Å². The number of nitrogen functional groups attached to an aromatic ring is 1. The van der Waals surface area contributed by atoms with Gasteiger partial charge in [0, 0.05) is 5.56 Å². The van der Waals surface area contributed by atoms with Gasteiger partial charge < -0.3 is 5.73 Å². The molecule has 0 fully saturated rings. The molecule has 4 heteroatoms. The zero-order chi connectivity index (χ0) is 25.2. The van der Waals surface area contributed by atoms with Crippen molar-refractivity contribution < 1.29 is 0 Å². The Balaban J connectivity index is 1.76. The molecule has 0 saturated carbocycles. The lowest BCUT2D eigenvalue weighted by Gasteiger charge is -2.27. The van der Waals surface area contributed by atoms with Crippen molar-refractivity contribution in [3.05, 3.63) is 72.1 Å². The Morgan fingerprint density at radius 2 is 1.60 bits per heavy atom. The van der Waals surface area contributed by atoms with Crippen LogP contribution < -0.4 is 5.73 Å². The van der Waals surface area contributed by atoms with E-state index in [0.29, 0.717) is 28.7 Å². The summed E-state index contributed by atoms with van der Waals surface area (Å²) >= 11 is 0. The van der Waals surface area contributed by atoms with Gasteiger partial charge in [0.05, 0.1) is 11.1 Å². The standard InChI is InChI=1S/C31H38N4/c1-20(2)22-14-16-24(17-15-22)26-18-27(35-30-28(26)29(32)33-19-34-30)25-13-8-7-11-23(25)12-9-10-21(3)31(4,5)6/h7-8,11,13-21H,9-10,12H2,1-6H3,(H2,32,33,34,35). The van der Waals surface area contributed by atoms with Gasteiger partial charge in [-0.3, -0.25) is 0 Å². The number of pyridine rings is 1. The predicted molar refractivity (Wildman–Crippen MR) is 148 cm³/mol.